The third-order valence-electron chi connectivity index (χ3n) is 4.80. The molecule has 0 saturated carbocycles. The predicted octanol–water partition coefficient (Wildman–Crippen LogP) is 4.28. The van der Waals surface area contributed by atoms with Gasteiger partial charge in [0.25, 0.3) is 0 Å². The molecule has 1 N–H and O–H groups in total. The van der Waals surface area contributed by atoms with Crippen molar-refractivity contribution >= 4 is 27.9 Å². The topological polar surface area (TPSA) is 60.1 Å². The van der Waals surface area contributed by atoms with Gasteiger partial charge >= 0.3 is 0 Å². The van der Waals surface area contributed by atoms with Crippen LogP contribution in [0.4, 0.5) is 0 Å². The number of amides is 1. The van der Waals surface area contributed by atoms with Crippen LogP contribution in [0.25, 0.3) is 22.0 Å². The first kappa shape index (κ1) is 16.4. The van der Waals surface area contributed by atoms with E-state index in [1.807, 2.05) is 41.8 Å². The molecule has 0 aliphatic heterocycles. The number of carbonyl (C=O) groups is 1. The van der Waals surface area contributed by atoms with Crippen LogP contribution >= 0.6 is 0 Å². The maximum absolute atomic E-state index is 12.5. The Morgan fingerprint density at radius 1 is 1.19 bits per heavy atom. The molecule has 0 bridgehead atoms. The van der Waals surface area contributed by atoms with E-state index >= 15 is 0 Å². The van der Waals surface area contributed by atoms with E-state index in [1.54, 1.807) is 6.33 Å². The fourth-order valence-electron chi connectivity index (χ4n) is 3.17. The Balaban J connectivity index is 1.50. The summed E-state index contributed by atoms with van der Waals surface area (Å²) in [4.78, 5) is 16.9. The molecular weight excluding hydrogens is 326 g/mol. The highest BCUT2D eigenvalue weighted by atomic mass is 16.3. The zero-order valence-corrected chi connectivity index (χ0v) is 15.1. The van der Waals surface area contributed by atoms with Crippen molar-refractivity contribution in [3.63, 3.8) is 0 Å². The van der Waals surface area contributed by atoms with Gasteiger partial charge in [-0.05, 0) is 56.2 Å². The van der Waals surface area contributed by atoms with Gasteiger partial charge in [-0.15, -0.1) is 0 Å². The number of nitrogens with zero attached hydrogens (tertiary/aromatic N) is 2. The molecule has 4 rings (SSSR count). The van der Waals surface area contributed by atoms with E-state index in [4.69, 9.17) is 4.42 Å². The van der Waals surface area contributed by atoms with E-state index < -0.39 is 0 Å². The van der Waals surface area contributed by atoms with Gasteiger partial charge in [-0.25, -0.2) is 4.98 Å². The maximum Gasteiger partial charge on any atom is 0.240 e. The van der Waals surface area contributed by atoms with Crippen LogP contribution < -0.4 is 5.32 Å². The Morgan fingerprint density at radius 2 is 1.96 bits per heavy atom. The third-order valence-corrected chi connectivity index (χ3v) is 4.80. The number of furan rings is 1. The zero-order chi connectivity index (χ0) is 18.3. The molecule has 0 aliphatic carbocycles. The molecule has 0 aliphatic rings. The van der Waals surface area contributed by atoms with E-state index in [9.17, 15) is 4.79 Å². The number of aryl methyl sites for hydroxylation is 2. The molecule has 0 saturated heterocycles. The van der Waals surface area contributed by atoms with Gasteiger partial charge < -0.3 is 14.3 Å². The molecule has 5 nitrogen and oxygen atoms in total. The Kier molecular flexibility index (Phi) is 3.99. The second-order valence-electron chi connectivity index (χ2n) is 6.77. The standard InChI is InChI=1S/C21H21N3O2/c1-13-8-17-18(9-14(13)2)24(12-22-17)11-21(25)23-15(3)20-10-16-6-4-5-7-19(16)26-20/h4-10,12,15H,11H2,1-3H3,(H,23,25)/t15-/m0/s1. The lowest BCUT2D eigenvalue weighted by Crippen LogP contribution is -2.29. The Bertz CT molecular complexity index is 1070. The maximum atomic E-state index is 12.5. The van der Waals surface area contributed by atoms with Crippen LogP contribution in [0, 0.1) is 13.8 Å². The monoisotopic (exact) mass is 347 g/mol. The van der Waals surface area contributed by atoms with Crippen molar-refractivity contribution < 1.29 is 9.21 Å². The number of carbonyl (C=O) groups excluding carboxylic acids is 1. The summed E-state index contributed by atoms with van der Waals surface area (Å²) in [6.07, 6.45) is 1.72. The highest BCUT2D eigenvalue weighted by Crippen LogP contribution is 2.23. The number of hydrogen-bond acceptors (Lipinski definition) is 3. The minimum Gasteiger partial charge on any atom is -0.459 e. The first-order valence-corrected chi connectivity index (χ1v) is 8.71. The summed E-state index contributed by atoms with van der Waals surface area (Å²) in [5.74, 6) is 0.678. The van der Waals surface area contributed by atoms with Crippen molar-refractivity contribution in [2.75, 3.05) is 0 Å². The predicted molar refractivity (Wildman–Crippen MR) is 102 cm³/mol. The van der Waals surface area contributed by atoms with Crippen molar-refractivity contribution in [2.45, 2.75) is 33.4 Å². The van der Waals surface area contributed by atoms with Crippen LogP contribution in [0.2, 0.25) is 0 Å². The van der Waals surface area contributed by atoms with Crippen LogP contribution in [-0.2, 0) is 11.3 Å². The molecule has 0 radical (unpaired) electrons. The van der Waals surface area contributed by atoms with Crippen LogP contribution in [0.1, 0.15) is 29.9 Å². The van der Waals surface area contributed by atoms with E-state index in [1.165, 1.54) is 11.1 Å². The number of imidazole rings is 1. The highest BCUT2D eigenvalue weighted by molar-refractivity contribution is 5.82. The van der Waals surface area contributed by atoms with Crippen molar-refractivity contribution in [3.05, 3.63) is 65.7 Å². The van der Waals surface area contributed by atoms with Crippen molar-refractivity contribution in [2.24, 2.45) is 0 Å². The quantitative estimate of drug-likeness (QED) is 0.599. The molecule has 1 atom stereocenters. The van der Waals surface area contributed by atoms with Crippen molar-refractivity contribution in [1.82, 2.24) is 14.9 Å². The smallest absolute Gasteiger partial charge is 0.240 e. The van der Waals surface area contributed by atoms with Gasteiger partial charge in [-0.3, -0.25) is 4.79 Å². The fraction of sp³-hybridized carbons (Fsp3) is 0.238. The lowest BCUT2D eigenvalue weighted by atomic mass is 10.1. The number of rotatable bonds is 4. The summed E-state index contributed by atoms with van der Waals surface area (Å²) >= 11 is 0. The molecule has 0 unspecified atom stereocenters. The Morgan fingerprint density at radius 3 is 2.77 bits per heavy atom. The molecular formula is C21H21N3O2. The molecule has 0 fully saturated rings. The molecule has 4 aromatic rings. The van der Waals surface area contributed by atoms with Crippen LogP contribution in [0.5, 0.6) is 0 Å². The molecule has 2 aromatic carbocycles. The Labute approximate surface area is 151 Å². The summed E-state index contributed by atoms with van der Waals surface area (Å²) in [5.41, 5.74) is 5.10. The average Bonchev–Trinajstić information content (AvgIpc) is 3.20. The number of benzene rings is 2. The lowest BCUT2D eigenvalue weighted by molar-refractivity contribution is -0.122. The van der Waals surface area contributed by atoms with Gasteiger partial charge in [0.05, 0.1) is 23.4 Å². The fourth-order valence-corrected chi connectivity index (χ4v) is 3.17. The average molecular weight is 347 g/mol. The molecule has 0 spiro atoms. The number of aromatic nitrogens is 2. The van der Waals surface area contributed by atoms with Gasteiger partial charge in [0.2, 0.25) is 5.91 Å². The SMILES string of the molecule is Cc1cc2ncn(CC(=O)N[C@@H](C)c3cc4ccccc4o3)c2cc1C. The van der Waals surface area contributed by atoms with Crippen molar-refractivity contribution in [3.8, 4) is 0 Å². The number of nitrogens with one attached hydrogen (secondary N) is 1. The normalized spacial score (nSPS) is 12.6. The Hall–Kier alpha value is -3.08. The minimum atomic E-state index is -0.200. The van der Waals surface area contributed by atoms with Gasteiger partial charge in [-0.1, -0.05) is 18.2 Å². The first-order chi connectivity index (χ1) is 12.5. The van der Waals surface area contributed by atoms with Crippen molar-refractivity contribution in [1.29, 1.82) is 0 Å². The zero-order valence-electron chi connectivity index (χ0n) is 15.1. The van der Waals surface area contributed by atoms with E-state index in [2.05, 4.69) is 36.3 Å². The molecule has 5 heteroatoms. The van der Waals surface area contributed by atoms with Crippen LogP contribution in [0.15, 0.2) is 53.2 Å². The summed E-state index contributed by atoms with van der Waals surface area (Å²) in [6, 6.07) is 13.7. The van der Waals surface area contributed by atoms with E-state index in [0.717, 1.165) is 27.8 Å². The molecule has 26 heavy (non-hydrogen) atoms. The summed E-state index contributed by atoms with van der Waals surface area (Å²) < 4.78 is 7.71. The summed E-state index contributed by atoms with van der Waals surface area (Å²) in [5, 5.41) is 4.04. The number of fused-ring (bicyclic) bond motifs is 2. The second kappa shape index (κ2) is 6.33. The molecule has 2 heterocycles. The number of para-hydroxylation sites is 1. The van der Waals surface area contributed by atoms with Gasteiger partial charge in [0.15, 0.2) is 0 Å². The first-order valence-electron chi connectivity index (χ1n) is 8.71. The van der Waals surface area contributed by atoms with Crippen LogP contribution in [0.3, 0.4) is 0 Å². The number of hydrogen-bond donors (Lipinski definition) is 1. The molecule has 132 valence electrons. The van der Waals surface area contributed by atoms with E-state index in [0.29, 0.717) is 0 Å². The minimum absolute atomic E-state index is 0.0736. The highest BCUT2D eigenvalue weighted by Gasteiger charge is 2.15. The third kappa shape index (κ3) is 2.96. The molecule has 2 aromatic heterocycles. The molecule has 1 amide bonds. The largest absolute Gasteiger partial charge is 0.459 e. The van der Waals surface area contributed by atoms with Gasteiger partial charge in [0, 0.05) is 5.39 Å². The van der Waals surface area contributed by atoms with Gasteiger partial charge in [0.1, 0.15) is 17.9 Å². The van der Waals surface area contributed by atoms with Crippen LogP contribution in [-0.4, -0.2) is 15.5 Å². The lowest BCUT2D eigenvalue weighted by Gasteiger charge is -2.12. The van der Waals surface area contributed by atoms with E-state index in [-0.39, 0.29) is 18.5 Å². The summed E-state index contributed by atoms with van der Waals surface area (Å²) in [6.45, 7) is 6.28. The van der Waals surface area contributed by atoms with Gasteiger partial charge in [-0.2, -0.15) is 0 Å². The second-order valence-corrected chi connectivity index (χ2v) is 6.77. The summed E-state index contributed by atoms with van der Waals surface area (Å²) in [7, 11) is 0.